The number of thioether (sulfide) groups is 1. The first-order valence-electron chi connectivity index (χ1n) is 5.67. The summed E-state index contributed by atoms with van der Waals surface area (Å²) in [4.78, 5) is 8.30. The number of hydrogen-bond donors (Lipinski definition) is 1. The summed E-state index contributed by atoms with van der Waals surface area (Å²) in [7, 11) is 0. The number of hydrogen-bond acceptors (Lipinski definition) is 5. The van der Waals surface area contributed by atoms with Crippen LogP contribution in [0.3, 0.4) is 0 Å². The number of rotatable bonds is 2. The molecule has 1 aliphatic rings. The summed E-state index contributed by atoms with van der Waals surface area (Å²) in [5, 5.41) is 1.15. The van der Waals surface area contributed by atoms with E-state index in [2.05, 4.69) is 23.7 Å². The zero-order valence-corrected chi connectivity index (χ0v) is 11.7. The van der Waals surface area contributed by atoms with Crippen LogP contribution in [0.5, 0.6) is 0 Å². The number of anilines is 1. The average Bonchev–Trinajstić information content (AvgIpc) is 2.61. The summed E-state index contributed by atoms with van der Waals surface area (Å²) in [6.45, 7) is 7.47. The van der Waals surface area contributed by atoms with E-state index in [-0.39, 0.29) is 6.04 Å². The fourth-order valence-corrected chi connectivity index (χ4v) is 4.11. The van der Waals surface area contributed by atoms with Gasteiger partial charge in [-0.25, -0.2) is 4.98 Å². The Hall–Kier alpha value is -0.260. The first-order chi connectivity index (χ1) is 7.59. The van der Waals surface area contributed by atoms with Crippen LogP contribution in [-0.2, 0) is 0 Å². The van der Waals surface area contributed by atoms with Crippen molar-refractivity contribution in [3.63, 3.8) is 0 Å². The molecule has 0 amide bonds. The lowest BCUT2D eigenvalue weighted by Crippen LogP contribution is -2.40. The molecule has 1 aliphatic heterocycles. The summed E-state index contributed by atoms with van der Waals surface area (Å²) in [5.41, 5.74) is 7.04. The highest BCUT2D eigenvalue weighted by Gasteiger charge is 2.23. The Morgan fingerprint density at radius 2 is 2.31 bits per heavy atom. The molecule has 2 N–H and O–H groups in total. The monoisotopic (exact) mass is 257 g/mol. The standard InChI is InChI=1S/C11H19N3S2/c1-7-6-15-5-4-14(7)11-13-9(3)10(16-11)8(2)12/h7-8H,4-6,12H2,1-3H3. The molecule has 2 rings (SSSR count). The van der Waals surface area contributed by atoms with Crippen molar-refractivity contribution in [3.8, 4) is 0 Å². The van der Waals surface area contributed by atoms with Crippen molar-refractivity contribution in [1.82, 2.24) is 4.98 Å². The lowest BCUT2D eigenvalue weighted by atomic mass is 10.2. The molecular weight excluding hydrogens is 238 g/mol. The van der Waals surface area contributed by atoms with Crippen LogP contribution in [0.25, 0.3) is 0 Å². The average molecular weight is 257 g/mol. The first-order valence-corrected chi connectivity index (χ1v) is 7.64. The molecule has 2 heterocycles. The van der Waals surface area contributed by atoms with Gasteiger partial charge in [-0.1, -0.05) is 0 Å². The summed E-state index contributed by atoms with van der Waals surface area (Å²) in [5.74, 6) is 2.41. The molecular formula is C11H19N3S2. The van der Waals surface area contributed by atoms with Crippen LogP contribution in [0.2, 0.25) is 0 Å². The van der Waals surface area contributed by atoms with Gasteiger partial charge in [-0.2, -0.15) is 11.8 Å². The van der Waals surface area contributed by atoms with Crippen LogP contribution in [0.1, 0.15) is 30.5 Å². The van der Waals surface area contributed by atoms with Gasteiger partial charge >= 0.3 is 0 Å². The molecule has 1 aromatic heterocycles. The number of aryl methyl sites for hydroxylation is 1. The highest BCUT2D eigenvalue weighted by molar-refractivity contribution is 7.99. The predicted molar refractivity (Wildman–Crippen MR) is 73.6 cm³/mol. The Labute approximate surface area is 105 Å². The molecule has 2 unspecified atom stereocenters. The molecule has 5 heteroatoms. The minimum absolute atomic E-state index is 0.0979. The molecule has 0 aromatic carbocycles. The summed E-state index contributed by atoms with van der Waals surface area (Å²) >= 11 is 3.79. The van der Waals surface area contributed by atoms with Gasteiger partial charge in [-0.3, -0.25) is 0 Å². The largest absolute Gasteiger partial charge is 0.344 e. The van der Waals surface area contributed by atoms with E-state index in [1.807, 2.05) is 18.7 Å². The van der Waals surface area contributed by atoms with Crippen LogP contribution < -0.4 is 10.6 Å². The summed E-state index contributed by atoms with van der Waals surface area (Å²) < 4.78 is 0. The van der Waals surface area contributed by atoms with Crippen molar-refractivity contribution in [3.05, 3.63) is 10.6 Å². The second-order valence-electron chi connectivity index (χ2n) is 4.35. The molecule has 0 bridgehead atoms. The number of aromatic nitrogens is 1. The van der Waals surface area contributed by atoms with Gasteiger partial charge in [-0.15, -0.1) is 11.3 Å². The van der Waals surface area contributed by atoms with E-state index in [9.17, 15) is 0 Å². The van der Waals surface area contributed by atoms with E-state index in [0.29, 0.717) is 6.04 Å². The SMILES string of the molecule is Cc1nc(N2CCSCC2C)sc1C(C)N. The van der Waals surface area contributed by atoms with E-state index >= 15 is 0 Å². The molecule has 1 fully saturated rings. The van der Waals surface area contributed by atoms with Crippen LogP contribution >= 0.6 is 23.1 Å². The van der Waals surface area contributed by atoms with Gasteiger partial charge in [0.2, 0.25) is 0 Å². The van der Waals surface area contributed by atoms with Gasteiger partial charge in [0.15, 0.2) is 5.13 Å². The van der Waals surface area contributed by atoms with Gasteiger partial charge in [0, 0.05) is 35.0 Å². The van der Waals surface area contributed by atoms with Gasteiger partial charge < -0.3 is 10.6 Å². The van der Waals surface area contributed by atoms with Crippen LogP contribution in [0.15, 0.2) is 0 Å². The molecule has 0 radical (unpaired) electrons. The van der Waals surface area contributed by atoms with E-state index in [1.54, 1.807) is 11.3 Å². The fraction of sp³-hybridized carbons (Fsp3) is 0.727. The molecule has 90 valence electrons. The quantitative estimate of drug-likeness (QED) is 0.883. The predicted octanol–water partition coefficient (Wildman–Crippen LogP) is 2.41. The lowest BCUT2D eigenvalue weighted by molar-refractivity contribution is 0.696. The van der Waals surface area contributed by atoms with Gasteiger partial charge in [0.25, 0.3) is 0 Å². The molecule has 16 heavy (non-hydrogen) atoms. The molecule has 2 atom stereocenters. The molecule has 0 saturated carbocycles. The number of nitrogens with zero attached hydrogens (tertiary/aromatic N) is 2. The maximum absolute atomic E-state index is 5.94. The van der Waals surface area contributed by atoms with E-state index in [0.717, 1.165) is 17.4 Å². The topological polar surface area (TPSA) is 42.2 Å². The van der Waals surface area contributed by atoms with Crippen molar-refractivity contribution in [1.29, 1.82) is 0 Å². The van der Waals surface area contributed by atoms with Crippen LogP contribution in [-0.4, -0.2) is 29.1 Å². The van der Waals surface area contributed by atoms with Gasteiger partial charge in [-0.05, 0) is 20.8 Å². The minimum Gasteiger partial charge on any atom is -0.344 e. The highest BCUT2D eigenvalue weighted by atomic mass is 32.2. The van der Waals surface area contributed by atoms with E-state index in [1.165, 1.54) is 16.4 Å². The Morgan fingerprint density at radius 3 is 2.88 bits per heavy atom. The molecule has 3 nitrogen and oxygen atoms in total. The van der Waals surface area contributed by atoms with Crippen molar-refractivity contribution in [2.24, 2.45) is 5.73 Å². The third-order valence-corrected chi connectivity index (χ3v) is 5.43. The molecule has 0 spiro atoms. The Morgan fingerprint density at radius 1 is 1.56 bits per heavy atom. The maximum atomic E-state index is 5.94. The number of nitrogens with two attached hydrogens (primary N) is 1. The normalized spacial score (nSPS) is 23.5. The zero-order chi connectivity index (χ0) is 11.7. The van der Waals surface area contributed by atoms with Crippen molar-refractivity contribution in [2.45, 2.75) is 32.9 Å². The first kappa shape index (κ1) is 12.2. The summed E-state index contributed by atoms with van der Waals surface area (Å²) in [6, 6.07) is 0.686. The maximum Gasteiger partial charge on any atom is 0.186 e. The third-order valence-electron chi connectivity index (χ3n) is 2.85. The third kappa shape index (κ3) is 2.36. The lowest BCUT2D eigenvalue weighted by Gasteiger charge is -2.32. The van der Waals surface area contributed by atoms with Gasteiger partial charge in [0.1, 0.15) is 0 Å². The molecule has 1 saturated heterocycles. The van der Waals surface area contributed by atoms with Gasteiger partial charge in [0.05, 0.1) is 5.69 Å². The molecule has 0 aliphatic carbocycles. The zero-order valence-electron chi connectivity index (χ0n) is 10.1. The Kier molecular flexibility index (Phi) is 3.77. The van der Waals surface area contributed by atoms with Crippen molar-refractivity contribution >= 4 is 28.2 Å². The van der Waals surface area contributed by atoms with Crippen molar-refractivity contribution < 1.29 is 0 Å². The number of thiazole rings is 1. The van der Waals surface area contributed by atoms with Crippen molar-refractivity contribution in [2.75, 3.05) is 23.0 Å². The molecule has 1 aromatic rings. The second-order valence-corrected chi connectivity index (χ2v) is 6.51. The fourth-order valence-electron chi connectivity index (χ4n) is 1.95. The minimum atomic E-state index is 0.0979. The summed E-state index contributed by atoms with van der Waals surface area (Å²) in [6.07, 6.45) is 0. The van der Waals surface area contributed by atoms with E-state index in [4.69, 9.17) is 5.73 Å². The Bertz CT molecular complexity index is 362. The smallest absolute Gasteiger partial charge is 0.186 e. The Balaban J connectivity index is 2.23. The highest BCUT2D eigenvalue weighted by Crippen LogP contribution is 2.32. The van der Waals surface area contributed by atoms with Crippen LogP contribution in [0.4, 0.5) is 5.13 Å². The van der Waals surface area contributed by atoms with E-state index < -0.39 is 0 Å². The second kappa shape index (κ2) is 4.94. The van der Waals surface area contributed by atoms with Crippen LogP contribution in [0, 0.1) is 6.92 Å².